The summed E-state index contributed by atoms with van der Waals surface area (Å²) in [7, 11) is 2.21. The molecule has 144 valence electrons. The standard InChI is InChI=1S/C19H32N6O/c1-23-9-11-24(12-10-23)15-19(5-6-19)14-21-18-20-7-4-17(22-18)25-8-2-3-16(26)13-25/h4,7,16,26H,2-3,5-6,8-15H2,1H3,(H,20,21,22). The van der Waals surface area contributed by atoms with Crippen molar-refractivity contribution < 1.29 is 5.11 Å². The number of hydrogen-bond donors (Lipinski definition) is 2. The minimum atomic E-state index is -0.242. The van der Waals surface area contributed by atoms with E-state index in [4.69, 9.17) is 4.98 Å². The molecule has 2 saturated heterocycles. The van der Waals surface area contributed by atoms with Crippen molar-refractivity contribution in [3.63, 3.8) is 0 Å². The Balaban J connectivity index is 1.31. The Morgan fingerprint density at radius 1 is 1.23 bits per heavy atom. The van der Waals surface area contributed by atoms with Crippen molar-refractivity contribution in [3.8, 4) is 0 Å². The van der Waals surface area contributed by atoms with Gasteiger partial charge in [0.1, 0.15) is 5.82 Å². The van der Waals surface area contributed by atoms with E-state index in [1.54, 1.807) is 0 Å². The summed E-state index contributed by atoms with van der Waals surface area (Å²) in [4.78, 5) is 16.3. The van der Waals surface area contributed by atoms with Gasteiger partial charge in [-0.3, -0.25) is 0 Å². The zero-order valence-electron chi connectivity index (χ0n) is 15.9. The second-order valence-electron chi connectivity index (χ2n) is 8.41. The van der Waals surface area contributed by atoms with Gasteiger partial charge in [0.05, 0.1) is 6.10 Å². The fourth-order valence-corrected chi connectivity index (χ4v) is 4.09. The molecule has 1 saturated carbocycles. The molecule has 1 aliphatic carbocycles. The number of piperidine rings is 1. The largest absolute Gasteiger partial charge is 0.391 e. The average molecular weight is 361 g/mol. The highest BCUT2D eigenvalue weighted by molar-refractivity contribution is 5.43. The molecule has 1 unspecified atom stereocenters. The van der Waals surface area contributed by atoms with Crippen LogP contribution in [0.3, 0.4) is 0 Å². The molecular weight excluding hydrogens is 328 g/mol. The summed E-state index contributed by atoms with van der Waals surface area (Å²) in [5, 5.41) is 13.4. The van der Waals surface area contributed by atoms with Gasteiger partial charge in [-0.2, -0.15) is 4.98 Å². The van der Waals surface area contributed by atoms with Crippen LogP contribution in [0.4, 0.5) is 11.8 Å². The number of nitrogens with one attached hydrogen (secondary N) is 1. The molecule has 1 aromatic heterocycles. The number of rotatable bonds is 6. The number of likely N-dealkylation sites (N-methyl/N-ethyl adjacent to an activating group) is 1. The SMILES string of the molecule is CN1CCN(CC2(CNc3nccc(N4CCCC(O)C4)n3)CC2)CC1. The molecule has 4 rings (SSSR count). The molecule has 2 aliphatic heterocycles. The molecule has 2 N–H and O–H groups in total. The molecule has 0 radical (unpaired) electrons. The lowest BCUT2D eigenvalue weighted by molar-refractivity contribution is 0.133. The fraction of sp³-hybridized carbons (Fsp3) is 0.789. The van der Waals surface area contributed by atoms with Crippen LogP contribution in [0.5, 0.6) is 0 Å². The van der Waals surface area contributed by atoms with E-state index in [1.165, 1.54) is 45.6 Å². The highest BCUT2D eigenvalue weighted by Gasteiger charge is 2.44. The summed E-state index contributed by atoms with van der Waals surface area (Å²) in [6.45, 7) is 8.48. The third-order valence-electron chi connectivity index (χ3n) is 6.09. The summed E-state index contributed by atoms with van der Waals surface area (Å²) >= 11 is 0. The van der Waals surface area contributed by atoms with Gasteiger partial charge in [-0.15, -0.1) is 0 Å². The van der Waals surface area contributed by atoms with E-state index in [2.05, 4.69) is 32.0 Å². The number of hydrogen-bond acceptors (Lipinski definition) is 7. The monoisotopic (exact) mass is 360 g/mol. The first-order valence-corrected chi connectivity index (χ1v) is 10.0. The van der Waals surface area contributed by atoms with Gasteiger partial charge in [-0.1, -0.05) is 0 Å². The first-order valence-electron chi connectivity index (χ1n) is 10.0. The van der Waals surface area contributed by atoms with E-state index >= 15 is 0 Å². The van der Waals surface area contributed by atoms with Gasteiger partial charge in [0.15, 0.2) is 0 Å². The third kappa shape index (κ3) is 4.45. The van der Waals surface area contributed by atoms with Gasteiger partial charge in [-0.25, -0.2) is 4.98 Å². The molecule has 0 amide bonds. The zero-order chi connectivity index (χ0) is 18.0. The van der Waals surface area contributed by atoms with Crippen molar-refractivity contribution in [1.82, 2.24) is 19.8 Å². The van der Waals surface area contributed by atoms with Crippen LogP contribution in [0.1, 0.15) is 25.7 Å². The van der Waals surface area contributed by atoms with Crippen molar-refractivity contribution in [1.29, 1.82) is 0 Å². The van der Waals surface area contributed by atoms with Crippen LogP contribution in [0, 0.1) is 5.41 Å². The van der Waals surface area contributed by atoms with E-state index in [0.29, 0.717) is 17.9 Å². The summed E-state index contributed by atoms with van der Waals surface area (Å²) in [6, 6.07) is 1.94. The molecule has 1 atom stereocenters. The van der Waals surface area contributed by atoms with Crippen molar-refractivity contribution in [2.45, 2.75) is 31.8 Å². The van der Waals surface area contributed by atoms with E-state index in [-0.39, 0.29) is 6.10 Å². The normalized spacial score (nSPS) is 26.7. The van der Waals surface area contributed by atoms with Gasteiger partial charge >= 0.3 is 0 Å². The smallest absolute Gasteiger partial charge is 0.224 e. The van der Waals surface area contributed by atoms with Crippen molar-refractivity contribution in [3.05, 3.63) is 12.3 Å². The minimum Gasteiger partial charge on any atom is -0.391 e. The van der Waals surface area contributed by atoms with Gasteiger partial charge in [-0.05, 0) is 38.8 Å². The van der Waals surface area contributed by atoms with Crippen molar-refractivity contribution >= 4 is 11.8 Å². The van der Waals surface area contributed by atoms with Crippen LogP contribution in [0.2, 0.25) is 0 Å². The maximum Gasteiger partial charge on any atom is 0.224 e. The summed E-state index contributed by atoms with van der Waals surface area (Å²) in [5.74, 6) is 1.64. The maximum atomic E-state index is 9.89. The Morgan fingerprint density at radius 2 is 2.04 bits per heavy atom. The van der Waals surface area contributed by atoms with Crippen LogP contribution in [-0.4, -0.2) is 90.4 Å². The van der Waals surface area contributed by atoms with Crippen LogP contribution in [0.25, 0.3) is 0 Å². The predicted molar refractivity (Wildman–Crippen MR) is 104 cm³/mol. The van der Waals surface area contributed by atoms with E-state index in [9.17, 15) is 5.11 Å². The first-order chi connectivity index (χ1) is 12.6. The van der Waals surface area contributed by atoms with Gasteiger partial charge in [0.25, 0.3) is 0 Å². The molecule has 3 heterocycles. The lowest BCUT2D eigenvalue weighted by Crippen LogP contribution is -2.47. The Hall–Kier alpha value is -1.44. The number of β-amino-alcohol motifs (C(OH)–C–C–N with tert-alkyl or cyclic N) is 1. The summed E-state index contributed by atoms with van der Waals surface area (Å²) in [6.07, 6.45) is 6.08. The molecule has 7 nitrogen and oxygen atoms in total. The predicted octanol–water partition coefficient (Wildman–Crippen LogP) is 0.877. The quantitative estimate of drug-likeness (QED) is 0.780. The van der Waals surface area contributed by atoms with Crippen LogP contribution < -0.4 is 10.2 Å². The number of aliphatic hydroxyl groups excluding tert-OH is 1. The lowest BCUT2D eigenvalue weighted by Gasteiger charge is -2.35. The number of piperazine rings is 1. The highest BCUT2D eigenvalue weighted by Crippen LogP contribution is 2.46. The van der Waals surface area contributed by atoms with Gasteiger partial charge in [0, 0.05) is 64.0 Å². The molecule has 3 fully saturated rings. The fourth-order valence-electron chi connectivity index (χ4n) is 4.09. The Kier molecular flexibility index (Phi) is 5.29. The van der Waals surface area contributed by atoms with Crippen molar-refractivity contribution in [2.24, 2.45) is 5.41 Å². The Labute approximate surface area is 156 Å². The average Bonchev–Trinajstić information content (AvgIpc) is 3.42. The molecule has 0 aromatic carbocycles. The first kappa shape index (κ1) is 17.9. The molecule has 26 heavy (non-hydrogen) atoms. The van der Waals surface area contributed by atoms with Crippen LogP contribution >= 0.6 is 0 Å². The number of anilines is 2. The molecule has 3 aliphatic rings. The highest BCUT2D eigenvalue weighted by atomic mass is 16.3. The Bertz CT molecular complexity index is 599. The Morgan fingerprint density at radius 3 is 2.77 bits per heavy atom. The number of aliphatic hydroxyl groups is 1. The van der Waals surface area contributed by atoms with Crippen LogP contribution in [0.15, 0.2) is 12.3 Å². The molecule has 0 spiro atoms. The molecule has 7 heteroatoms. The van der Waals surface area contributed by atoms with E-state index in [1.807, 2.05) is 12.3 Å². The van der Waals surface area contributed by atoms with Gasteiger partial charge < -0.3 is 25.1 Å². The maximum absolute atomic E-state index is 9.89. The summed E-state index contributed by atoms with van der Waals surface area (Å²) < 4.78 is 0. The molecule has 1 aromatic rings. The van der Waals surface area contributed by atoms with Gasteiger partial charge in [0.2, 0.25) is 5.95 Å². The topological polar surface area (TPSA) is 67.8 Å². The summed E-state index contributed by atoms with van der Waals surface area (Å²) in [5.41, 5.74) is 0.399. The van der Waals surface area contributed by atoms with E-state index < -0.39 is 0 Å². The molecular formula is C19H32N6O. The lowest BCUT2D eigenvalue weighted by atomic mass is 10.1. The van der Waals surface area contributed by atoms with Crippen LogP contribution in [-0.2, 0) is 0 Å². The van der Waals surface area contributed by atoms with E-state index in [0.717, 1.165) is 31.7 Å². The van der Waals surface area contributed by atoms with Crippen molar-refractivity contribution in [2.75, 3.05) is 69.6 Å². The third-order valence-corrected chi connectivity index (χ3v) is 6.09. The number of nitrogens with zero attached hydrogens (tertiary/aromatic N) is 5. The molecule has 0 bridgehead atoms. The minimum absolute atomic E-state index is 0.242. The number of aromatic nitrogens is 2. The zero-order valence-corrected chi connectivity index (χ0v) is 15.9. The second-order valence-corrected chi connectivity index (χ2v) is 8.41. The second kappa shape index (κ2) is 7.66.